The zero-order valence-electron chi connectivity index (χ0n) is 14.3. The van der Waals surface area contributed by atoms with E-state index in [4.69, 9.17) is 4.42 Å². The Labute approximate surface area is 152 Å². The van der Waals surface area contributed by atoms with Crippen LogP contribution in [0.5, 0.6) is 0 Å². The van der Waals surface area contributed by atoms with E-state index in [1.165, 1.54) is 30.5 Å². The molecule has 7 nitrogen and oxygen atoms in total. The van der Waals surface area contributed by atoms with Crippen molar-refractivity contribution in [3.05, 3.63) is 66.6 Å². The molecule has 0 unspecified atom stereocenters. The molecule has 8 heteroatoms. The summed E-state index contributed by atoms with van der Waals surface area (Å²) in [5, 5.41) is 3.51. The molecule has 0 aliphatic rings. The minimum atomic E-state index is -3.84. The molecule has 0 saturated carbocycles. The molecular formula is C18H20N2O5S. The van der Waals surface area contributed by atoms with Crippen molar-refractivity contribution in [2.24, 2.45) is 0 Å². The molecule has 138 valence electrons. The number of aryl methyl sites for hydroxylation is 1. The molecule has 0 aliphatic heterocycles. The third-order valence-electron chi connectivity index (χ3n) is 3.65. The van der Waals surface area contributed by atoms with Crippen molar-refractivity contribution in [1.82, 2.24) is 10.6 Å². The zero-order valence-corrected chi connectivity index (χ0v) is 15.1. The average Bonchev–Trinajstić information content (AvgIpc) is 3.14. The summed E-state index contributed by atoms with van der Waals surface area (Å²) in [5.41, 5.74) is 0.922. The summed E-state index contributed by atoms with van der Waals surface area (Å²) in [6, 6.07) is 9.45. The third-order valence-corrected chi connectivity index (χ3v) is 5.72. The molecule has 2 aromatic rings. The topological polar surface area (TPSA) is 105 Å². The summed E-state index contributed by atoms with van der Waals surface area (Å²) in [6.07, 6.45) is 2.78. The smallest absolute Gasteiger partial charge is 0.309 e. The molecule has 1 atom stereocenters. The van der Waals surface area contributed by atoms with E-state index in [0.717, 1.165) is 5.56 Å². The van der Waals surface area contributed by atoms with E-state index in [-0.39, 0.29) is 23.7 Å². The average molecular weight is 376 g/mol. The number of hydrogen-bond acceptors (Lipinski definition) is 5. The van der Waals surface area contributed by atoms with Crippen molar-refractivity contribution in [2.45, 2.75) is 17.1 Å². The van der Waals surface area contributed by atoms with Crippen LogP contribution in [0.3, 0.4) is 0 Å². The van der Waals surface area contributed by atoms with Gasteiger partial charge in [0.25, 0.3) is 0 Å². The fraction of sp³-hybridized carbons (Fsp3) is 0.222. The van der Waals surface area contributed by atoms with Crippen LogP contribution in [0.1, 0.15) is 16.6 Å². The number of amides is 2. The first kappa shape index (κ1) is 19.5. The number of sulfone groups is 1. The van der Waals surface area contributed by atoms with E-state index in [0.29, 0.717) is 0 Å². The predicted molar refractivity (Wildman–Crippen MR) is 96.0 cm³/mol. The van der Waals surface area contributed by atoms with Gasteiger partial charge in [-0.3, -0.25) is 9.59 Å². The Kier molecular flexibility index (Phi) is 6.35. The monoisotopic (exact) mass is 376 g/mol. The first-order chi connectivity index (χ1) is 12.4. The summed E-state index contributed by atoms with van der Waals surface area (Å²) in [5.74, 6) is -1.62. The van der Waals surface area contributed by atoms with Crippen molar-refractivity contribution in [3.63, 3.8) is 0 Å². The van der Waals surface area contributed by atoms with Gasteiger partial charge >= 0.3 is 11.8 Å². The SMILES string of the molecule is C=CCNC(=O)C(=O)NC[C@H](c1ccco1)S(=O)(=O)c1ccc(C)cc1. The minimum absolute atomic E-state index is 0.106. The van der Waals surface area contributed by atoms with Crippen LogP contribution < -0.4 is 10.6 Å². The minimum Gasteiger partial charge on any atom is -0.468 e. The molecule has 0 aliphatic carbocycles. The second-order valence-corrected chi connectivity index (χ2v) is 7.70. The molecule has 26 heavy (non-hydrogen) atoms. The van der Waals surface area contributed by atoms with E-state index < -0.39 is 26.9 Å². The Balaban J connectivity index is 2.22. The lowest BCUT2D eigenvalue weighted by molar-refractivity contribution is -0.139. The van der Waals surface area contributed by atoms with E-state index in [1.807, 2.05) is 6.92 Å². The number of carbonyl (C=O) groups is 2. The fourth-order valence-electron chi connectivity index (χ4n) is 2.24. The van der Waals surface area contributed by atoms with Gasteiger partial charge in [0.05, 0.1) is 11.2 Å². The van der Waals surface area contributed by atoms with E-state index >= 15 is 0 Å². The van der Waals surface area contributed by atoms with Crippen LogP contribution in [0.15, 0.2) is 64.6 Å². The van der Waals surface area contributed by atoms with Crippen LogP contribution in [0.4, 0.5) is 0 Å². The fourth-order valence-corrected chi connectivity index (χ4v) is 3.83. The second-order valence-electron chi connectivity index (χ2n) is 5.57. The summed E-state index contributed by atoms with van der Waals surface area (Å²) >= 11 is 0. The predicted octanol–water partition coefficient (Wildman–Crippen LogP) is 1.52. The molecule has 0 bridgehead atoms. The van der Waals surface area contributed by atoms with Crippen LogP contribution in [0.25, 0.3) is 0 Å². The maximum absolute atomic E-state index is 13.0. The molecule has 2 amide bonds. The largest absolute Gasteiger partial charge is 0.468 e. The Bertz CT molecular complexity index is 871. The van der Waals surface area contributed by atoms with Crippen LogP contribution in [0.2, 0.25) is 0 Å². The van der Waals surface area contributed by atoms with Crippen molar-refractivity contribution in [3.8, 4) is 0 Å². The van der Waals surface area contributed by atoms with Crippen LogP contribution in [0, 0.1) is 6.92 Å². The number of carbonyl (C=O) groups excluding carboxylic acids is 2. The van der Waals surface area contributed by atoms with E-state index in [9.17, 15) is 18.0 Å². The van der Waals surface area contributed by atoms with Gasteiger partial charge in [-0.05, 0) is 31.2 Å². The Hall–Kier alpha value is -2.87. The van der Waals surface area contributed by atoms with Gasteiger partial charge in [-0.15, -0.1) is 6.58 Å². The third kappa shape index (κ3) is 4.60. The van der Waals surface area contributed by atoms with Gasteiger partial charge in [0.2, 0.25) is 0 Å². The quantitative estimate of drug-likeness (QED) is 0.563. The van der Waals surface area contributed by atoms with E-state index in [1.54, 1.807) is 18.2 Å². The molecule has 1 heterocycles. The molecule has 2 rings (SSSR count). The number of nitrogens with one attached hydrogen (secondary N) is 2. The van der Waals surface area contributed by atoms with Crippen molar-refractivity contribution < 1.29 is 22.4 Å². The summed E-state index contributed by atoms with van der Waals surface area (Å²) in [4.78, 5) is 23.6. The number of hydrogen-bond donors (Lipinski definition) is 2. The summed E-state index contributed by atoms with van der Waals surface area (Å²) in [7, 11) is -3.84. The lowest BCUT2D eigenvalue weighted by Crippen LogP contribution is -2.42. The summed E-state index contributed by atoms with van der Waals surface area (Å²) in [6.45, 7) is 5.12. The van der Waals surface area contributed by atoms with Gasteiger partial charge in [-0.2, -0.15) is 0 Å². The van der Waals surface area contributed by atoms with Gasteiger partial charge in [0.1, 0.15) is 11.0 Å². The van der Waals surface area contributed by atoms with Gasteiger partial charge in [0.15, 0.2) is 9.84 Å². The maximum atomic E-state index is 13.0. The van der Waals surface area contributed by atoms with Crippen molar-refractivity contribution in [2.75, 3.05) is 13.1 Å². The van der Waals surface area contributed by atoms with Crippen LogP contribution in [-0.4, -0.2) is 33.3 Å². The molecule has 1 aromatic carbocycles. The second kappa shape index (κ2) is 8.48. The van der Waals surface area contributed by atoms with Crippen molar-refractivity contribution >= 4 is 21.7 Å². The van der Waals surface area contributed by atoms with Crippen LogP contribution >= 0.6 is 0 Å². The standard InChI is InChI=1S/C18H20N2O5S/c1-3-10-19-17(21)18(22)20-12-16(15-5-4-11-25-15)26(23,24)14-8-6-13(2)7-9-14/h3-9,11,16H,1,10,12H2,2H3,(H,19,21)(H,20,22)/t16-/m1/s1. The first-order valence-electron chi connectivity index (χ1n) is 7.87. The Morgan fingerprint density at radius 3 is 2.38 bits per heavy atom. The highest BCUT2D eigenvalue weighted by molar-refractivity contribution is 7.91. The van der Waals surface area contributed by atoms with E-state index in [2.05, 4.69) is 17.2 Å². The van der Waals surface area contributed by atoms with Crippen LogP contribution in [-0.2, 0) is 19.4 Å². The van der Waals surface area contributed by atoms with Gasteiger partial charge in [-0.25, -0.2) is 8.42 Å². The molecule has 0 fully saturated rings. The number of benzene rings is 1. The first-order valence-corrected chi connectivity index (χ1v) is 9.41. The Morgan fingerprint density at radius 2 is 1.81 bits per heavy atom. The van der Waals surface area contributed by atoms with Crippen molar-refractivity contribution in [1.29, 1.82) is 0 Å². The highest BCUT2D eigenvalue weighted by atomic mass is 32.2. The highest BCUT2D eigenvalue weighted by Gasteiger charge is 2.32. The molecule has 2 N–H and O–H groups in total. The maximum Gasteiger partial charge on any atom is 0.309 e. The van der Waals surface area contributed by atoms with Gasteiger partial charge in [0, 0.05) is 13.1 Å². The molecule has 0 spiro atoms. The zero-order chi connectivity index (χ0) is 19.2. The highest BCUT2D eigenvalue weighted by Crippen LogP contribution is 2.29. The normalized spacial score (nSPS) is 12.2. The summed E-state index contributed by atoms with van der Waals surface area (Å²) < 4.78 is 31.2. The number of furan rings is 1. The molecule has 0 radical (unpaired) electrons. The molecule has 1 aromatic heterocycles. The molecule has 0 saturated heterocycles. The number of rotatable bonds is 7. The molecular weight excluding hydrogens is 356 g/mol. The lowest BCUT2D eigenvalue weighted by Gasteiger charge is -2.16. The lowest BCUT2D eigenvalue weighted by atomic mass is 10.2. The van der Waals surface area contributed by atoms with Gasteiger partial charge < -0.3 is 15.1 Å². The van der Waals surface area contributed by atoms with Gasteiger partial charge in [-0.1, -0.05) is 23.8 Å². The Morgan fingerprint density at radius 1 is 1.15 bits per heavy atom.